The summed E-state index contributed by atoms with van der Waals surface area (Å²) in [7, 11) is 1.77. The van der Waals surface area contributed by atoms with Crippen molar-refractivity contribution in [1.82, 2.24) is 5.32 Å². The molecule has 0 amide bonds. The van der Waals surface area contributed by atoms with Gasteiger partial charge in [0, 0.05) is 13.2 Å². The summed E-state index contributed by atoms with van der Waals surface area (Å²) in [6.07, 6.45) is 2.96. The van der Waals surface area contributed by atoms with Gasteiger partial charge in [-0.25, -0.2) is 0 Å². The van der Waals surface area contributed by atoms with Crippen molar-refractivity contribution in [2.45, 2.75) is 31.9 Å². The molecular formula is C7H15NO. The first-order valence-electron chi connectivity index (χ1n) is 3.61. The van der Waals surface area contributed by atoms with Crippen molar-refractivity contribution in [2.75, 3.05) is 13.7 Å². The molecule has 9 heavy (non-hydrogen) atoms. The van der Waals surface area contributed by atoms with E-state index in [1.807, 2.05) is 0 Å². The Hall–Kier alpha value is -0.0800. The smallest absolute Gasteiger partial charge is 0.0696 e. The van der Waals surface area contributed by atoms with E-state index in [0.717, 1.165) is 0 Å². The third-order valence-corrected chi connectivity index (χ3v) is 2.04. The van der Waals surface area contributed by atoms with E-state index >= 15 is 0 Å². The fourth-order valence-corrected chi connectivity index (χ4v) is 1.28. The summed E-state index contributed by atoms with van der Waals surface area (Å²) >= 11 is 0. The monoisotopic (exact) mass is 129 g/mol. The minimum Gasteiger partial charge on any atom is -0.380 e. The minimum absolute atomic E-state index is 0.382. The molecule has 1 rings (SSSR count). The van der Waals surface area contributed by atoms with E-state index in [4.69, 9.17) is 4.74 Å². The fraction of sp³-hybridized carbons (Fsp3) is 1.00. The third-order valence-electron chi connectivity index (χ3n) is 2.04. The predicted molar refractivity (Wildman–Crippen MR) is 37.5 cm³/mol. The average Bonchev–Trinajstić information content (AvgIpc) is 2.37. The van der Waals surface area contributed by atoms with Crippen LogP contribution in [0, 0.1) is 0 Å². The molecular weight excluding hydrogens is 114 g/mol. The lowest BCUT2D eigenvalue weighted by Gasteiger charge is -2.16. The van der Waals surface area contributed by atoms with Gasteiger partial charge in [0.2, 0.25) is 0 Å². The summed E-state index contributed by atoms with van der Waals surface area (Å²) in [6.45, 7) is 3.28. The molecule has 1 N–H and O–H groups in total. The highest BCUT2D eigenvalue weighted by molar-refractivity contribution is 4.78. The highest BCUT2D eigenvalue weighted by Gasteiger charge is 2.19. The van der Waals surface area contributed by atoms with Gasteiger partial charge in [-0.05, 0) is 26.3 Å². The molecule has 0 spiro atoms. The van der Waals surface area contributed by atoms with Crippen LogP contribution in [0.2, 0.25) is 0 Å². The molecule has 1 fully saturated rings. The van der Waals surface area contributed by atoms with Crippen LogP contribution in [0.15, 0.2) is 0 Å². The van der Waals surface area contributed by atoms with Crippen molar-refractivity contribution >= 4 is 0 Å². The van der Waals surface area contributed by atoms with E-state index in [1.54, 1.807) is 7.11 Å². The average molecular weight is 129 g/mol. The Morgan fingerprint density at radius 1 is 1.67 bits per heavy atom. The van der Waals surface area contributed by atoms with Crippen LogP contribution in [-0.2, 0) is 4.74 Å². The van der Waals surface area contributed by atoms with Gasteiger partial charge in [-0.2, -0.15) is 0 Å². The molecule has 0 aliphatic carbocycles. The molecule has 0 bridgehead atoms. The van der Waals surface area contributed by atoms with E-state index in [2.05, 4.69) is 12.2 Å². The SMILES string of the molecule is CO[C@@H](C)[C@H]1CCCN1. The van der Waals surface area contributed by atoms with E-state index in [-0.39, 0.29) is 0 Å². The number of hydrogen-bond donors (Lipinski definition) is 1. The van der Waals surface area contributed by atoms with Crippen LogP contribution in [0.25, 0.3) is 0 Å². The van der Waals surface area contributed by atoms with E-state index in [0.29, 0.717) is 12.1 Å². The molecule has 0 unspecified atom stereocenters. The summed E-state index contributed by atoms with van der Waals surface area (Å²) in [5.41, 5.74) is 0. The number of rotatable bonds is 2. The second kappa shape index (κ2) is 3.18. The summed E-state index contributed by atoms with van der Waals surface area (Å²) in [5.74, 6) is 0. The zero-order valence-electron chi connectivity index (χ0n) is 6.18. The Balaban J connectivity index is 2.24. The Labute approximate surface area is 56.6 Å². The van der Waals surface area contributed by atoms with Crippen molar-refractivity contribution < 1.29 is 4.74 Å². The van der Waals surface area contributed by atoms with Gasteiger partial charge in [0.05, 0.1) is 6.10 Å². The Morgan fingerprint density at radius 2 is 2.44 bits per heavy atom. The zero-order valence-corrected chi connectivity index (χ0v) is 6.18. The molecule has 1 heterocycles. The second-order valence-electron chi connectivity index (χ2n) is 2.64. The van der Waals surface area contributed by atoms with Gasteiger partial charge in [0.25, 0.3) is 0 Å². The molecule has 0 aromatic rings. The first-order valence-corrected chi connectivity index (χ1v) is 3.61. The predicted octanol–water partition coefficient (Wildman–Crippen LogP) is 0.773. The highest BCUT2D eigenvalue weighted by Crippen LogP contribution is 2.10. The number of methoxy groups -OCH3 is 1. The van der Waals surface area contributed by atoms with Crippen molar-refractivity contribution in [3.05, 3.63) is 0 Å². The standard InChI is InChI=1S/C7H15NO/c1-6(9-2)7-4-3-5-8-7/h6-8H,3-5H2,1-2H3/t6-,7+/m0/s1. The van der Waals surface area contributed by atoms with Crippen molar-refractivity contribution in [3.8, 4) is 0 Å². The molecule has 1 aliphatic heterocycles. The minimum atomic E-state index is 0.382. The fourth-order valence-electron chi connectivity index (χ4n) is 1.28. The van der Waals surface area contributed by atoms with Gasteiger partial charge in [0.15, 0.2) is 0 Å². The Morgan fingerprint density at radius 3 is 2.89 bits per heavy atom. The molecule has 2 heteroatoms. The highest BCUT2D eigenvalue weighted by atomic mass is 16.5. The van der Waals surface area contributed by atoms with Crippen LogP contribution < -0.4 is 5.32 Å². The van der Waals surface area contributed by atoms with Crippen LogP contribution in [0.3, 0.4) is 0 Å². The second-order valence-corrected chi connectivity index (χ2v) is 2.64. The zero-order chi connectivity index (χ0) is 6.69. The molecule has 1 aliphatic rings. The summed E-state index contributed by atoms with van der Waals surface area (Å²) in [5, 5.41) is 3.38. The first-order chi connectivity index (χ1) is 4.34. The summed E-state index contributed by atoms with van der Waals surface area (Å²) in [6, 6.07) is 0.606. The van der Waals surface area contributed by atoms with Crippen molar-refractivity contribution in [1.29, 1.82) is 0 Å². The van der Waals surface area contributed by atoms with E-state index < -0.39 is 0 Å². The number of nitrogens with one attached hydrogen (secondary N) is 1. The van der Waals surface area contributed by atoms with E-state index in [1.165, 1.54) is 19.4 Å². The van der Waals surface area contributed by atoms with Crippen LogP contribution in [0.1, 0.15) is 19.8 Å². The van der Waals surface area contributed by atoms with Gasteiger partial charge in [-0.1, -0.05) is 0 Å². The molecule has 2 nitrogen and oxygen atoms in total. The lowest BCUT2D eigenvalue weighted by atomic mass is 10.1. The van der Waals surface area contributed by atoms with Gasteiger partial charge in [0.1, 0.15) is 0 Å². The molecule has 0 aromatic carbocycles. The molecule has 0 aromatic heterocycles. The number of ether oxygens (including phenoxy) is 1. The van der Waals surface area contributed by atoms with Gasteiger partial charge in [-0.15, -0.1) is 0 Å². The maximum Gasteiger partial charge on any atom is 0.0696 e. The largest absolute Gasteiger partial charge is 0.380 e. The molecule has 1 saturated heterocycles. The number of hydrogen-bond acceptors (Lipinski definition) is 2. The van der Waals surface area contributed by atoms with Crippen LogP contribution in [0.4, 0.5) is 0 Å². The summed E-state index contributed by atoms with van der Waals surface area (Å²) in [4.78, 5) is 0. The quantitative estimate of drug-likeness (QED) is 0.594. The Kier molecular flexibility index (Phi) is 2.49. The van der Waals surface area contributed by atoms with Gasteiger partial charge < -0.3 is 10.1 Å². The molecule has 0 radical (unpaired) electrons. The maximum absolute atomic E-state index is 5.17. The van der Waals surface area contributed by atoms with Crippen LogP contribution >= 0.6 is 0 Å². The van der Waals surface area contributed by atoms with Gasteiger partial charge in [-0.3, -0.25) is 0 Å². The lowest BCUT2D eigenvalue weighted by Crippen LogP contribution is -2.33. The third kappa shape index (κ3) is 1.66. The lowest BCUT2D eigenvalue weighted by molar-refractivity contribution is 0.0894. The van der Waals surface area contributed by atoms with Crippen LogP contribution in [-0.4, -0.2) is 25.8 Å². The van der Waals surface area contributed by atoms with Gasteiger partial charge >= 0.3 is 0 Å². The maximum atomic E-state index is 5.17. The molecule has 0 saturated carbocycles. The molecule has 2 atom stereocenters. The summed E-state index contributed by atoms with van der Waals surface area (Å²) < 4.78 is 5.17. The Bertz CT molecular complexity index is 79.0. The van der Waals surface area contributed by atoms with Crippen LogP contribution in [0.5, 0.6) is 0 Å². The molecule has 54 valence electrons. The normalized spacial score (nSPS) is 30.7. The van der Waals surface area contributed by atoms with Crippen molar-refractivity contribution in [2.24, 2.45) is 0 Å². The first kappa shape index (κ1) is 7.03. The van der Waals surface area contributed by atoms with Crippen molar-refractivity contribution in [3.63, 3.8) is 0 Å². The van der Waals surface area contributed by atoms with E-state index in [9.17, 15) is 0 Å². The topological polar surface area (TPSA) is 21.3 Å².